The summed E-state index contributed by atoms with van der Waals surface area (Å²) in [6.45, 7) is 10.6. The summed E-state index contributed by atoms with van der Waals surface area (Å²) in [5, 5.41) is -0.242. The van der Waals surface area contributed by atoms with Gasteiger partial charge in [-0.3, -0.25) is 0 Å². The fourth-order valence-electron chi connectivity index (χ4n) is 10.5. The molecule has 1 unspecified atom stereocenters. The van der Waals surface area contributed by atoms with Gasteiger partial charge in [-0.2, -0.15) is 0 Å². The zero-order valence-corrected chi connectivity index (χ0v) is 58.0. The van der Waals surface area contributed by atoms with Gasteiger partial charge in [-0.1, -0.05) is 194 Å². The molecule has 0 aliphatic carbocycles. The summed E-state index contributed by atoms with van der Waals surface area (Å²) in [7, 11) is 5.15. The van der Waals surface area contributed by atoms with Crippen molar-refractivity contribution in [3.05, 3.63) is 0 Å². The van der Waals surface area contributed by atoms with Crippen LogP contribution in [-0.2, 0) is 28.6 Å². The summed E-state index contributed by atoms with van der Waals surface area (Å²) in [5.74, 6) is 0.167. The zero-order valence-electron chi connectivity index (χ0n) is 52.7. The number of esters is 3. The van der Waals surface area contributed by atoms with E-state index in [1.165, 1.54) is 295 Å². The van der Waals surface area contributed by atoms with Gasteiger partial charge in [0.1, 0.15) is 0 Å². The van der Waals surface area contributed by atoms with Crippen molar-refractivity contribution in [2.45, 2.75) is 386 Å². The molecule has 78 heavy (non-hydrogen) atoms. The van der Waals surface area contributed by atoms with Gasteiger partial charge >= 0.3 is 312 Å². The second-order valence-electron chi connectivity index (χ2n) is 23.5. The van der Waals surface area contributed by atoms with Gasteiger partial charge in [0.05, 0.1) is 0 Å². The van der Waals surface area contributed by atoms with Crippen LogP contribution in [0.25, 0.3) is 0 Å². The molecule has 0 aromatic heterocycles. The second-order valence-corrected chi connectivity index (χ2v) is 47.3. The summed E-state index contributed by atoms with van der Waals surface area (Å²) in [6.07, 6.45) is 71.3. The van der Waals surface area contributed by atoms with Crippen LogP contribution in [0.1, 0.15) is 381 Å². The van der Waals surface area contributed by atoms with Crippen LogP contribution in [0.3, 0.4) is 0 Å². The van der Waals surface area contributed by atoms with Gasteiger partial charge in [0.25, 0.3) is 0 Å². The third-order valence-corrected chi connectivity index (χ3v) is 41.8. The average molecular weight is 1260 g/mol. The van der Waals surface area contributed by atoms with Gasteiger partial charge in [0.15, 0.2) is 0 Å². The van der Waals surface area contributed by atoms with E-state index in [1.54, 1.807) is 26.8 Å². The molecule has 0 fully saturated rings. The summed E-state index contributed by atoms with van der Waals surface area (Å²) in [6, 6.07) is 0. The number of carbonyl (C=O) groups is 3. The van der Waals surface area contributed by atoms with E-state index in [-0.39, 0.29) is 23.2 Å². The van der Waals surface area contributed by atoms with Gasteiger partial charge in [-0.25, -0.2) is 0 Å². The molecule has 1 radical (unpaired) electrons. The molecule has 0 rings (SSSR count). The minimum absolute atomic E-state index is 0.0917. The average Bonchev–Trinajstić information content (AvgIpc) is 3.44. The van der Waals surface area contributed by atoms with Crippen molar-refractivity contribution in [2.75, 3.05) is 31.3 Å². The standard InChI is InChI=1S/C28H56O2S.2C20H40O2S.Sn/c1-3-5-7-9-11-12-13-14-15-16-17-18-19-20-22-24-26-30-28(29)27(31)25-23-21-10-8-6-4-2;2*1-2-3-4-5-6-7-8-9-10-11-12-13-14-15-16-17-18-22-20(21)19-23;/h27,31H,3-26H2,1-2H3;2*23H,2-19H2,1H3;/q;;;+3/p-3. The van der Waals surface area contributed by atoms with E-state index in [0.717, 1.165) is 57.8 Å². The number of carbonyl (C=O) groups excluding carboxylic acids is 3. The van der Waals surface area contributed by atoms with Gasteiger partial charge in [0.2, 0.25) is 0 Å². The Morgan fingerprint density at radius 3 is 0.731 bits per heavy atom. The molecule has 0 aromatic rings. The first kappa shape index (κ1) is 78.3. The van der Waals surface area contributed by atoms with E-state index in [4.69, 9.17) is 14.2 Å². The van der Waals surface area contributed by atoms with Crippen molar-refractivity contribution in [2.24, 2.45) is 0 Å². The Labute approximate surface area is 502 Å². The Bertz CT molecular complexity index is 1160. The topological polar surface area (TPSA) is 78.9 Å². The van der Waals surface area contributed by atoms with E-state index in [0.29, 0.717) is 31.3 Å². The minimum atomic E-state index is -2.65. The Morgan fingerprint density at radius 1 is 0.282 bits per heavy atom. The minimum Gasteiger partial charge on any atom is -0.0654 e. The van der Waals surface area contributed by atoms with E-state index in [2.05, 4.69) is 27.7 Å². The molecule has 0 aliphatic heterocycles. The van der Waals surface area contributed by atoms with Crippen molar-refractivity contribution < 1.29 is 28.6 Å². The Balaban J connectivity index is 4.91. The molecule has 0 aromatic carbocycles. The summed E-state index contributed by atoms with van der Waals surface area (Å²) in [4.78, 5) is 40.1. The maximum atomic E-state index is 13.8. The Hall–Kier alpha value is 0.259. The molecule has 0 aliphatic rings. The molecule has 0 saturated carbocycles. The van der Waals surface area contributed by atoms with Crippen LogP contribution < -0.4 is 0 Å². The smallest absolute Gasteiger partial charge is 0.0654 e. The van der Waals surface area contributed by atoms with Crippen LogP contribution in [0.2, 0.25) is 0 Å². The van der Waals surface area contributed by atoms with Crippen LogP contribution >= 0.6 is 26.8 Å². The fourth-order valence-corrected chi connectivity index (χ4v) is 35.6. The third-order valence-electron chi connectivity index (χ3n) is 15.7. The second kappa shape index (κ2) is 68.0. The number of unbranched alkanes of at least 4 members (excludes halogenated alkanes) is 50. The monoisotopic (exact) mass is 1260 g/mol. The normalized spacial score (nSPS) is 12.0. The summed E-state index contributed by atoms with van der Waals surface area (Å²) >= 11 is -2.65. The molecule has 1 atom stereocenters. The predicted molar refractivity (Wildman–Crippen MR) is 352 cm³/mol. The van der Waals surface area contributed by atoms with E-state index >= 15 is 0 Å². The Kier molecular flexibility index (Phi) is 68.3. The SMILES string of the molecule is CCCCCCCCCCCCCCCCCCOC(=O)C[S][Sn]([S]CC(=O)OCCCCCCCCCCCCCCCCCC)[S]C(CCCCCCCC)C(=O)OCCCCCCCCCCCCCCCCCC. The summed E-state index contributed by atoms with van der Waals surface area (Å²) < 4.78 is 17.5. The van der Waals surface area contributed by atoms with Crippen molar-refractivity contribution in [1.29, 1.82) is 0 Å². The van der Waals surface area contributed by atoms with Crippen LogP contribution in [0.4, 0.5) is 0 Å². The number of hydrogen-bond acceptors (Lipinski definition) is 9. The van der Waals surface area contributed by atoms with Crippen LogP contribution in [-0.4, -0.2) is 70.1 Å². The van der Waals surface area contributed by atoms with Crippen LogP contribution in [0.15, 0.2) is 0 Å². The van der Waals surface area contributed by atoms with E-state index in [1.807, 2.05) is 0 Å². The van der Waals surface area contributed by atoms with Crippen LogP contribution in [0.5, 0.6) is 0 Å². The molecule has 0 N–H and O–H groups in total. The van der Waals surface area contributed by atoms with Gasteiger partial charge in [0, 0.05) is 0 Å². The van der Waals surface area contributed by atoms with Gasteiger partial charge in [-0.15, -0.1) is 0 Å². The molecule has 10 heteroatoms. The molecule has 0 saturated heterocycles. The molecule has 0 spiro atoms. The van der Waals surface area contributed by atoms with E-state index < -0.39 is 15.6 Å². The quantitative estimate of drug-likeness (QED) is 0.0256. The van der Waals surface area contributed by atoms with Gasteiger partial charge < -0.3 is 0 Å². The fraction of sp³-hybridized carbons (Fsp3) is 0.956. The molecule has 463 valence electrons. The third kappa shape index (κ3) is 62.3. The molecule has 0 amide bonds. The number of ether oxygens (including phenoxy) is 3. The molecular formula is C68H133O6S3Sn. The first-order chi connectivity index (χ1) is 38.5. The predicted octanol–water partition coefficient (Wildman–Crippen LogP) is 23.7. The van der Waals surface area contributed by atoms with Crippen molar-refractivity contribution >= 4 is 60.4 Å². The van der Waals surface area contributed by atoms with E-state index in [9.17, 15) is 14.4 Å². The van der Waals surface area contributed by atoms with Crippen molar-refractivity contribution in [1.82, 2.24) is 0 Å². The number of hydrogen-bond donors (Lipinski definition) is 0. The molecule has 6 nitrogen and oxygen atoms in total. The molecule has 0 heterocycles. The Morgan fingerprint density at radius 2 is 0.487 bits per heavy atom. The van der Waals surface area contributed by atoms with Gasteiger partial charge in [-0.05, 0) is 0 Å². The summed E-state index contributed by atoms with van der Waals surface area (Å²) in [5.41, 5.74) is 0. The molecule has 0 bridgehead atoms. The number of rotatable bonds is 67. The first-order valence-corrected chi connectivity index (χ1v) is 48.1. The van der Waals surface area contributed by atoms with Crippen molar-refractivity contribution in [3.8, 4) is 0 Å². The molecular weight excluding hydrogens is 1130 g/mol. The maximum absolute atomic E-state index is 13.8. The van der Waals surface area contributed by atoms with Crippen LogP contribution in [0, 0.1) is 0 Å². The van der Waals surface area contributed by atoms with Crippen molar-refractivity contribution in [3.63, 3.8) is 0 Å². The first-order valence-electron chi connectivity index (χ1n) is 34.7. The zero-order chi connectivity index (χ0) is 56.6.